The van der Waals surface area contributed by atoms with Gasteiger partial charge in [-0.2, -0.15) is 0 Å². The summed E-state index contributed by atoms with van der Waals surface area (Å²) in [6, 6.07) is 10.4. The van der Waals surface area contributed by atoms with Crippen LogP contribution in [0.25, 0.3) is 0 Å². The first-order valence-corrected chi connectivity index (χ1v) is 6.61. The molecule has 1 amide bonds. The van der Waals surface area contributed by atoms with Crippen molar-refractivity contribution in [2.45, 2.75) is 32.2 Å². The number of carbonyl (C=O) groups is 1. The summed E-state index contributed by atoms with van der Waals surface area (Å²) in [6.45, 7) is 4.46. The predicted octanol–water partition coefficient (Wildman–Crippen LogP) is 2.02. The van der Waals surface area contributed by atoms with Crippen molar-refractivity contribution < 1.29 is 9.90 Å². The first-order chi connectivity index (χ1) is 8.65. The molecular formula is C15H21NO2. The van der Waals surface area contributed by atoms with Crippen LogP contribution < -0.4 is 0 Å². The van der Waals surface area contributed by atoms with Gasteiger partial charge in [-0.3, -0.25) is 4.79 Å². The topological polar surface area (TPSA) is 40.5 Å². The van der Waals surface area contributed by atoms with Gasteiger partial charge in [0.05, 0.1) is 6.61 Å². The van der Waals surface area contributed by atoms with Crippen LogP contribution >= 0.6 is 0 Å². The van der Waals surface area contributed by atoms with Gasteiger partial charge in [-0.25, -0.2) is 0 Å². The second-order valence-electron chi connectivity index (χ2n) is 5.21. The van der Waals surface area contributed by atoms with E-state index in [1.165, 1.54) is 5.56 Å². The second-order valence-corrected chi connectivity index (χ2v) is 5.21. The molecule has 0 spiro atoms. The van der Waals surface area contributed by atoms with Gasteiger partial charge in [0.15, 0.2) is 0 Å². The third-order valence-electron chi connectivity index (χ3n) is 3.58. The van der Waals surface area contributed by atoms with Gasteiger partial charge < -0.3 is 10.0 Å². The Morgan fingerprint density at radius 1 is 1.39 bits per heavy atom. The Morgan fingerprint density at radius 3 is 2.61 bits per heavy atom. The summed E-state index contributed by atoms with van der Waals surface area (Å²) >= 11 is 0. The molecule has 1 saturated carbocycles. The molecule has 2 atom stereocenters. The lowest BCUT2D eigenvalue weighted by molar-refractivity contribution is -0.134. The van der Waals surface area contributed by atoms with Gasteiger partial charge in [-0.1, -0.05) is 30.3 Å². The highest BCUT2D eigenvalue weighted by molar-refractivity contribution is 5.83. The van der Waals surface area contributed by atoms with E-state index < -0.39 is 0 Å². The number of hydrogen-bond donors (Lipinski definition) is 1. The van der Waals surface area contributed by atoms with E-state index in [1.807, 2.05) is 32.0 Å². The Hall–Kier alpha value is -1.35. The van der Waals surface area contributed by atoms with Gasteiger partial charge in [-0.05, 0) is 31.7 Å². The Balaban J connectivity index is 2.00. The first-order valence-electron chi connectivity index (χ1n) is 6.61. The number of aliphatic hydroxyl groups excluding tert-OH is 1. The van der Waals surface area contributed by atoms with Crippen LogP contribution in [0.5, 0.6) is 0 Å². The van der Waals surface area contributed by atoms with Crippen molar-refractivity contribution in [1.82, 2.24) is 4.90 Å². The number of aliphatic hydroxyl groups is 1. The fourth-order valence-corrected chi connectivity index (χ4v) is 2.48. The maximum Gasteiger partial charge on any atom is 0.226 e. The minimum atomic E-state index is 0.0344. The fraction of sp³-hybridized carbons (Fsp3) is 0.533. The predicted molar refractivity (Wildman–Crippen MR) is 71.2 cm³/mol. The third-order valence-corrected chi connectivity index (χ3v) is 3.58. The van der Waals surface area contributed by atoms with E-state index in [0.717, 1.165) is 6.42 Å². The van der Waals surface area contributed by atoms with E-state index in [1.54, 1.807) is 4.90 Å². The summed E-state index contributed by atoms with van der Waals surface area (Å²) in [4.78, 5) is 14.1. The van der Waals surface area contributed by atoms with E-state index in [4.69, 9.17) is 5.11 Å². The molecule has 1 fully saturated rings. The first kappa shape index (κ1) is 13.1. The Labute approximate surface area is 108 Å². The summed E-state index contributed by atoms with van der Waals surface area (Å²) in [5.74, 6) is 0.674. The largest absolute Gasteiger partial charge is 0.395 e. The maximum atomic E-state index is 12.3. The highest BCUT2D eigenvalue weighted by Gasteiger charge is 2.45. The number of hydrogen-bond acceptors (Lipinski definition) is 2. The summed E-state index contributed by atoms with van der Waals surface area (Å²) in [7, 11) is 0. The molecule has 98 valence electrons. The number of rotatable bonds is 5. The van der Waals surface area contributed by atoms with Gasteiger partial charge in [0.1, 0.15) is 0 Å². The molecule has 1 aromatic carbocycles. The summed E-state index contributed by atoms with van der Waals surface area (Å²) < 4.78 is 0. The van der Waals surface area contributed by atoms with Crippen LogP contribution in [-0.4, -0.2) is 35.1 Å². The van der Waals surface area contributed by atoms with Gasteiger partial charge in [0.2, 0.25) is 5.91 Å². The van der Waals surface area contributed by atoms with Crippen molar-refractivity contribution >= 4 is 5.91 Å². The minimum Gasteiger partial charge on any atom is -0.395 e. The van der Waals surface area contributed by atoms with Gasteiger partial charge in [0, 0.05) is 18.5 Å². The molecule has 18 heavy (non-hydrogen) atoms. The van der Waals surface area contributed by atoms with Crippen LogP contribution in [0.15, 0.2) is 30.3 Å². The third kappa shape index (κ3) is 2.72. The maximum absolute atomic E-state index is 12.3. The molecule has 3 heteroatoms. The van der Waals surface area contributed by atoms with Crippen LogP contribution in [0.1, 0.15) is 31.7 Å². The van der Waals surface area contributed by atoms with Crippen LogP contribution in [-0.2, 0) is 4.79 Å². The summed E-state index contributed by atoms with van der Waals surface area (Å²) in [5.41, 5.74) is 1.25. The van der Waals surface area contributed by atoms with Crippen molar-refractivity contribution in [3.8, 4) is 0 Å². The van der Waals surface area contributed by atoms with Crippen molar-refractivity contribution in [2.24, 2.45) is 5.92 Å². The normalized spacial score (nSPS) is 22.0. The van der Waals surface area contributed by atoms with E-state index >= 15 is 0 Å². The summed E-state index contributed by atoms with van der Waals surface area (Å²) in [5, 5.41) is 9.03. The molecule has 2 unspecified atom stereocenters. The van der Waals surface area contributed by atoms with Crippen molar-refractivity contribution in [3.63, 3.8) is 0 Å². The van der Waals surface area contributed by atoms with Gasteiger partial charge in [0.25, 0.3) is 0 Å². The highest BCUT2D eigenvalue weighted by atomic mass is 16.3. The molecule has 1 aliphatic rings. The fourth-order valence-electron chi connectivity index (χ4n) is 2.48. The molecule has 0 bridgehead atoms. The van der Waals surface area contributed by atoms with Gasteiger partial charge >= 0.3 is 0 Å². The molecular weight excluding hydrogens is 226 g/mol. The molecule has 0 saturated heterocycles. The minimum absolute atomic E-state index is 0.0344. The monoisotopic (exact) mass is 247 g/mol. The van der Waals surface area contributed by atoms with Crippen LogP contribution in [0, 0.1) is 5.92 Å². The highest BCUT2D eigenvalue weighted by Crippen LogP contribution is 2.48. The van der Waals surface area contributed by atoms with E-state index in [0.29, 0.717) is 12.5 Å². The van der Waals surface area contributed by atoms with Crippen LogP contribution in [0.2, 0.25) is 0 Å². The lowest BCUT2D eigenvalue weighted by Crippen LogP contribution is -2.40. The molecule has 0 heterocycles. The zero-order valence-corrected chi connectivity index (χ0v) is 11.0. The van der Waals surface area contributed by atoms with Crippen LogP contribution in [0.4, 0.5) is 0 Å². The lowest BCUT2D eigenvalue weighted by Gasteiger charge is -2.26. The number of carbonyl (C=O) groups excluding carboxylic acids is 1. The summed E-state index contributed by atoms with van der Waals surface area (Å²) in [6.07, 6.45) is 0.942. The molecule has 1 N–H and O–H groups in total. The Bertz CT molecular complexity index is 402. The number of benzene rings is 1. The Morgan fingerprint density at radius 2 is 2.06 bits per heavy atom. The van der Waals surface area contributed by atoms with E-state index in [9.17, 15) is 4.79 Å². The van der Waals surface area contributed by atoms with Crippen molar-refractivity contribution in [2.75, 3.05) is 13.2 Å². The second kappa shape index (κ2) is 5.53. The standard InChI is InChI=1S/C15H21NO2/c1-11(2)16(8-9-17)15(18)14-10-13(14)12-6-4-3-5-7-12/h3-7,11,13-14,17H,8-10H2,1-2H3. The zero-order chi connectivity index (χ0) is 13.1. The zero-order valence-electron chi connectivity index (χ0n) is 11.0. The van der Waals surface area contributed by atoms with E-state index in [2.05, 4.69) is 12.1 Å². The molecule has 0 radical (unpaired) electrons. The molecule has 3 nitrogen and oxygen atoms in total. The van der Waals surface area contributed by atoms with Crippen molar-refractivity contribution in [1.29, 1.82) is 0 Å². The lowest BCUT2D eigenvalue weighted by atomic mass is 10.1. The SMILES string of the molecule is CC(C)N(CCO)C(=O)C1CC1c1ccccc1. The quantitative estimate of drug-likeness (QED) is 0.864. The number of nitrogens with zero attached hydrogens (tertiary/aromatic N) is 1. The average molecular weight is 247 g/mol. The van der Waals surface area contributed by atoms with Crippen molar-refractivity contribution in [3.05, 3.63) is 35.9 Å². The van der Waals surface area contributed by atoms with E-state index in [-0.39, 0.29) is 24.5 Å². The van der Waals surface area contributed by atoms with Gasteiger partial charge in [-0.15, -0.1) is 0 Å². The number of amides is 1. The molecule has 0 aliphatic heterocycles. The average Bonchev–Trinajstić information content (AvgIpc) is 3.16. The smallest absolute Gasteiger partial charge is 0.226 e. The molecule has 0 aromatic heterocycles. The Kier molecular flexibility index (Phi) is 4.02. The van der Waals surface area contributed by atoms with Crippen LogP contribution in [0.3, 0.4) is 0 Å². The molecule has 1 aromatic rings. The molecule has 1 aliphatic carbocycles. The molecule has 2 rings (SSSR count).